The molecule has 0 radical (unpaired) electrons. The van der Waals surface area contributed by atoms with Crippen molar-refractivity contribution in [2.24, 2.45) is 10.9 Å². The van der Waals surface area contributed by atoms with Crippen molar-refractivity contribution in [1.29, 1.82) is 0 Å². The van der Waals surface area contributed by atoms with E-state index in [9.17, 15) is 4.79 Å². The van der Waals surface area contributed by atoms with Crippen LogP contribution in [-0.2, 0) is 11.3 Å². The Hall–Kier alpha value is -1.87. The van der Waals surface area contributed by atoms with Gasteiger partial charge in [-0.25, -0.2) is 9.78 Å². The topological polar surface area (TPSA) is 82.1 Å². The lowest BCUT2D eigenvalue weighted by Gasteiger charge is -2.33. The minimum Gasteiger partial charge on any atom is -0.450 e. The van der Waals surface area contributed by atoms with Crippen LogP contribution >= 0.6 is 11.3 Å². The number of carbonyl (C=O) groups excluding carboxylic acids is 1. The smallest absolute Gasteiger partial charge is 0.409 e. The zero-order valence-corrected chi connectivity index (χ0v) is 19.3. The number of piperidine rings is 2. The van der Waals surface area contributed by atoms with Crippen molar-refractivity contribution in [3.8, 4) is 0 Å². The number of thiazole rings is 1. The summed E-state index contributed by atoms with van der Waals surface area (Å²) in [6, 6.07) is 0.338. The molecule has 2 aliphatic heterocycles. The van der Waals surface area contributed by atoms with Crippen LogP contribution in [0, 0.1) is 12.8 Å². The van der Waals surface area contributed by atoms with Gasteiger partial charge in [0.2, 0.25) is 0 Å². The van der Waals surface area contributed by atoms with Crippen LogP contribution in [0.15, 0.2) is 10.4 Å². The highest BCUT2D eigenvalue weighted by Crippen LogP contribution is 2.19. The molecule has 0 saturated carbocycles. The molecule has 3 heterocycles. The lowest BCUT2D eigenvalue weighted by Crippen LogP contribution is -2.50. The second-order valence-electron chi connectivity index (χ2n) is 8.14. The third kappa shape index (κ3) is 6.84. The number of aryl methyl sites for hydroxylation is 1. The summed E-state index contributed by atoms with van der Waals surface area (Å²) in [5, 5.41) is 10.4. The summed E-state index contributed by atoms with van der Waals surface area (Å²) in [5.41, 5.74) is 1.20. The maximum absolute atomic E-state index is 11.8. The first kappa shape index (κ1) is 22.8. The molecule has 3 rings (SSSR count). The molecule has 1 aromatic rings. The van der Waals surface area contributed by atoms with Gasteiger partial charge in [0.25, 0.3) is 0 Å². The second-order valence-corrected chi connectivity index (χ2v) is 9.20. The van der Waals surface area contributed by atoms with Gasteiger partial charge in [-0.3, -0.25) is 9.89 Å². The first-order valence-electron chi connectivity index (χ1n) is 11.1. The summed E-state index contributed by atoms with van der Waals surface area (Å²) in [4.78, 5) is 25.1. The van der Waals surface area contributed by atoms with Crippen LogP contribution in [-0.4, -0.2) is 79.3 Å². The van der Waals surface area contributed by atoms with E-state index in [-0.39, 0.29) is 6.09 Å². The van der Waals surface area contributed by atoms with Crippen LogP contribution in [0.5, 0.6) is 0 Å². The van der Waals surface area contributed by atoms with Crippen LogP contribution in [0.2, 0.25) is 0 Å². The van der Waals surface area contributed by atoms with Crippen molar-refractivity contribution < 1.29 is 9.53 Å². The highest BCUT2D eigenvalue weighted by atomic mass is 32.1. The Kier molecular flexibility index (Phi) is 8.74. The quantitative estimate of drug-likeness (QED) is 0.527. The number of carbonyl (C=O) groups is 1. The Morgan fingerprint density at radius 3 is 2.60 bits per heavy atom. The van der Waals surface area contributed by atoms with E-state index in [1.165, 1.54) is 18.5 Å². The predicted molar refractivity (Wildman–Crippen MR) is 121 cm³/mol. The van der Waals surface area contributed by atoms with Crippen LogP contribution in [0.25, 0.3) is 0 Å². The third-order valence-electron chi connectivity index (χ3n) is 5.90. The van der Waals surface area contributed by atoms with Gasteiger partial charge in [-0.2, -0.15) is 0 Å². The summed E-state index contributed by atoms with van der Waals surface area (Å²) >= 11 is 1.73. The van der Waals surface area contributed by atoms with Gasteiger partial charge in [-0.05, 0) is 58.5 Å². The Morgan fingerprint density at radius 1 is 1.27 bits per heavy atom. The van der Waals surface area contributed by atoms with Gasteiger partial charge in [0.15, 0.2) is 5.96 Å². The zero-order chi connectivity index (χ0) is 21.3. The lowest BCUT2D eigenvalue weighted by molar-refractivity contribution is 0.0963. The van der Waals surface area contributed by atoms with Crippen molar-refractivity contribution in [3.63, 3.8) is 0 Å². The summed E-state index contributed by atoms with van der Waals surface area (Å²) in [5.74, 6) is 1.53. The van der Waals surface area contributed by atoms with Gasteiger partial charge in [-0.15, -0.1) is 11.3 Å². The van der Waals surface area contributed by atoms with Crippen molar-refractivity contribution in [3.05, 3.63) is 16.1 Å². The van der Waals surface area contributed by atoms with E-state index >= 15 is 0 Å². The number of hydrogen-bond donors (Lipinski definition) is 2. The number of amides is 1. The molecule has 2 saturated heterocycles. The van der Waals surface area contributed by atoms with Crippen LogP contribution in [0.4, 0.5) is 4.79 Å². The van der Waals surface area contributed by atoms with Gasteiger partial charge in [0.1, 0.15) is 0 Å². The number of hydrogen-bond acceptors (Lipinski definition) is 6. The van der Waals surface area contributed by atoms with Crippen molar-refractivity contribution in [2.75, 3.05) is 46.4 Å². The van der Waals surface area contributed by atoms with Crippen molar-refractivity contribution in [2.45, 2.75) is 52.1 Å². The molecular formula is C21H36N6O2S. The summed E-state index contributed by atoms with van der Waals surface area (Å²) in [7, 11) is 1.82. The van der Waals surface area contributed by atoms with E-state index in [0.717, 1.165) is 63.1 Å². The predicted octanol–water partition coefficient (Wildman–Crippen LogP) is 2.45. The average molecular weight is 437 g/mol. The first-order valence-corrected chi connectivity index (χ1v) is 12.0. The van der Waals surface area contributed by atoms with E-state index < -0.39 is 0 Å². The van der Waals surface area contributed by atoms with E-state index in [0.29, 0.717) is 18.6 Å². The van der Waals surface area contributed by atoms with Gasteiger partial charge < -0.3 is 20.3 Å². The zero-order valence-electron chi connectivity index (χ0n) is 18.5. The van der Waals surface area contributed by atoms with Crippen LogP contribution in [0.3, 0.4) is 0 Å². The third-order valence-corrected chi connectivity index (χ3v) is 6.73. The number of nitrogens with zero attached hydrogens (tertiary/aromatic N) is 4. The molecule has 1 aromatic heterocycles. The molecule has 0 aromatic carbocycles. The van der Waals surface area contributed by atoms with Gasteiger partial charge in [0.05, 0.1) is 17.3 Å². The number of rotatable bonds is 6. The van der Waals surface area contributed by atoms with Crippen molar-refractivity contribution in [1.82, 2.24) is 25.4 Å². The number of aliphatic imine (C=N–C) groups is 1. The minimum atomic E-state index is -0.199. The molecule has 8 nitrogen and oxygen atoms in total. The number of likely N-dealkylation sites (tertiary alicyclic amines) is 2. The second kappa shape index (κ2) is 11.5. The van der Waals surface area contributed by atoms with Crippen molar-refractivity contribution >= 4 is 23.4 Å². The molecule has 1 amide bonds. The van der Waals surface area contributed by atoms with E-state index in [1.807, 2.05) is 14.0 Å². The normalized spacial score (nSPS) is 19.7. The molecular weight excluding hydrogens is 400 g/mol. The molecule has 9 heteroatoms. The standard InChI is InChI=1S/C21H36N6O2S/c1-4-29-21(28)27-11-7-18(8-12-27)25-20(22-3)23-13-17-5-9-26(10-6-17)14-19-15-30-16(2)24-19/h15,17-18H,4-14H2,1-3H3,(H2,22,23,25). The molecule has 0 bridgehead atoms. The molecule has 0 atom stereocenters. The largest absolute Gasteiger partial charge is 0.450 e. The fourth-order valence-electron chi connectivity index (χ4n) is 4.11. The maximum Gasteiger partial charge on any atom is 0.409 e. The lowest BCUT2D eigenvalue weighted by atomic mass is 9.97. The Balaban J connectivity index is 1.33. The molecule has 0 aliphatic carbocycles. The number of ether oxygens (including phenoxy) is 1. The highest BCUT2D eigenvalue weighted by Gasteiger charge is 2.25. The van der Waals surface area contributed by atoms with Crippen LogP contribution < -0.4 is 10.6 Å². The van der Waals surface area contributed by atoms with E-state index in [4.69, 9.17) is 4.74 Å². The Bertz CT molecular complexity index is 693. The Morgan fingerprint density at radius 2 is 2.00 bits per heavy atom. The molecule has 30 heavy (non-hydrogen) atoms. The first-order chi connectivity index (χ1) is 14.6. The molecule has 0 spiro atoms. The number of guanidine groups is 1. The summed E-state index contributed by atoms with van der Waals surface area (Å²) in [6.45, 7) is 9.96. The molecule has 2 N–H and O–H groups in total. The SMILES string of the molecule is CCOC(=O)N1CCC(NC(=NC)NCC2CCN(Cc3csc(C)n3)CC2)CC1. The average Bonchev–Trinajstić information content (AvgIpc) is 3.17. The fourth-order valence-corrected chi connectivity index (χ4v) is 4.71. The number of aromatic nitrogens is 1. The monoisotopic (exact) mass is 436 g/mol. The summed E-state index contributed by atoms with van der Waals surface area (Å²) in [6.07, 6.45) is 4.02. The van der Waals surface area contributed by atoms with Gasteiger partial charge in [0, 0.05) is 44.6 Å². The molecule has 2 fully saturated rings. The van der Waals surface area contributed by atoms with E-state index in [2.05, 4.69) is 37.8 Å². The Labute approximate surface area is 184 Å². The maximum atomic E-state index is 11.8. The molecule has 168 valence electrons. The summed E-state index contributed by atoms with van der Waals surface area (Å²) < 4.78 is 5.09. The van der Waals surface area contributed by atoms with Gasteiger partial charge >= 0.3 is 6.09 Å². The fraction of sp³-hybridized carbons (Fsp3) is 0.762. The molecule has 0 unspecified atom stereocenters. The molecule has 2 aliphatic rings. The van der Waals surface area contributed by atoms with Crippen LogP contribution in [0.1, 0.15) is 43.3 Å². The highest BCUT2D eigenvalue weighted by molar-refractivity contribution is 7.09. The van der Waals surface area contributed by atoms with Gasteiger partial charge in [-0.1, -0.05) is 0 Å². The minimum absolute atomic E-state index is 0.199. The van der Waals surface area contributed by atoms with E-state index in [1.54, 1.807) is 16.2 Å². The number of nitrogens with one attached hydrogen (secondary N) is 2.